The van der Waals surface area contributed by atoms with Crippen LogP contribution in [0.25, 0.3) is 0 Å². The molecule has 0 radical (unpaired) electrons. The second kappa shape index (κ2) is 7.58. The van der Waals surface area contributed by atoms with E-state index in [0.717, 1.165) is 0 Å². The van der Waals surface area contributed by atoms with Crippen molar-refractivity contribution in [1.29, 1.82) is 0 Å². The molecular weight excluding hydrogens is 368 g/mol. The van der Waals surface area contributed by atoms with Gasteiger partial charge in [0.25, 0.3) is 0 Å². The summed E-state index contributed by atoms with van der Waals surface area (Å²) in [4.78, 5) is -0.258. The molecule has 10 heteroatoms. The summed E-state index contributed by atoms with van der Waals surface area (Å²) in [7, 11) is -1.13. The van der Waals surface area contributed by atoms with E-state index in [0.29, 0.717) is 21.7 Å². The summed E-state index contributed by atoms with van der Waals surface area (Å²) < 4.78 is 64.8. The number of rotatable bonds is 7. The van der Waals surface area contributed by atoms with Crippen molar-refractivity contribution in [1.82, 2.24) is 14.5 Å². The van der Waals surface area contributed by atoms with Gasteiger partial charge in [-0.15, -0.1) is 0 Å². The molecule has 26 heavy (non-hydrogen) atoms. The SMILES string of the molecule is COc1ccc(OC)c(C(C)NS(=O)(=O)c2c(C)nn(C(F)F)c2C)c1. The number of hydrogen-bond acceptors (Lipinski definition) is 5. The first-order valence-electron chi connectivity index (χ1n) is 7.70. The van der Waals surface area contributed by atoms with Crippen LogP contribution >= 0.6 is 0 Å². The maximum atomic E-state index is 13.0. The second-order valence-electron chi connectivity index (χ2n) is 5.67. The van der Waals surface area contributed by atoms with E-state index < -0.39 is 22.6 Å². The Balaban J connectivity index is 2.42. The van der Waals surface area contributed by atoms with Gasteiger partial charge in [0.1, 0.15) is 16.4 Å². The van der Waals surface area contributed by atoms with E-state index in [2.05, 4.69) is 9.82 Å². The molecule has 2 rings (SSSR count). The minimum Gasteiger partial charge on any atom is -0.497 e. The predicted molar refractivity (Wildman–Crippen MR) is 91.2 cm³/mol. The van der Waals surface area contributed by atoms with Crippen LogP contribution in [0.1, 0.15) is 36.5 Å². The predicted octanol–water partition coefficient (Wildman–Crippen LogP) is 2.95. The van der Waals surface area contributed by atoms with Gasteiger partial charge >= 0.3 is 6.55 Å². The number of ether oxygens (including phenoxy) is 2. The zero-order chi connectivity index (χ0) is 19.6. The van der Waals surface area contributed by atoms with Gasteiger partial charge in [-0.1, -0.05) is 0 Å². The summed E-state index contributed by atoms with van der Waals surface area (Å²) in [5.74, 6) is 1.00. The van der Waals surface area contributed by atoms with E-state index in [1.54, 1.807) is 25.1 Å². The molecule has 1 unspecified atom stereocenters. The van der Waals surface area contributed by atoms with Gasteiger partial charge in [-0.3, -0.25) is 0 Å². The Hall–Kier alpha value is -2.20. The van der Waals surface area contributed by atoms with Gasteiger partial charge < -0.3 is 9.47 Å². The molecular formula is C16H21F2N3O4S. The van der Waals surface area contributed by atoms with Crippen molar-refractivity contribution < 1.29 is 26.7 Å². The van der Waals surface area contributed by atoms with Crippen molar-refractivity contribution in [3.8, 4) is 11.5 Å². The van der Waals surface area contributed by atoms with Crippen LogP contribution in [0.15, 0.2) is 23.1 Å². The van der Waals surface area contributed by atoms with Crippen molar-refractivity contribution in [2.75, 3.05) is 14.2 Å². The lowest BCUT2D eigenvalue weighted by Gasteiger charge is -2.18. The number of benzene rings is 1. The first kappa shape index (κ1) is 20.1. The third-order valence-electron chi connectivity index (χ3n) is 3.95. The molecule has 1 heterocycles. The lowest BCUT2D eigenvalue weighted by molar-refractivity contribution is 0.0538. The number of aromatic nitrogens is 2. The first-order chi connectivity index (χ1) is 12.1. The Morgan fingerprint density at radius 2 is 1.85 bits per heavy atom. The average Bonchev–Trinajstić information content (AvgIpc) is 2.89. The van der Waals surface area contributed by atoms with Crippen molar-refractivity contribution in [3.63, 3.8) is 0 Å². The van der Waals surface area contributed by atoms with Gasteiger partial charge in [-0.2, -0.15) is 13.9 Å². The zero-order valence-electron chi connectivity index (χ0n) is 15.1. The molecule has 0 aliphatic carbocycles. The van der Waals surface area contributed by atoms with Crippen LogP contribution in [0.3, 0.4) is 0 Å². The van der Waals surface area contributed by atoms with Crippen molar-refractivity contribution in [2.45, 2.75) is 38.3 Å². The third kappa shape index (κ3) is 3.80. The zero-order valence-corrected chi connectivity index (χ0v) is 15.9. The molecule has 0 fully saturated rings. The molecule has 1 aromatic carbocycles. The Bertz CT molecular complexity index is 897. The minimum absolute atomic E-state index is 0.0000993. The third-order valence-corrected chi connectivity index (χ3v) is 5.74. The Kier molecular flexibility index (Phi) is 5.87. The molecule has 0 saturated carbocycles. The summed E-state index contributed by atoms with van der Waals surface area (Å²) in [5, 5.41) is 3.62. The molecule has 1 atom stereocenters. The topological polar surface area (TPSA) is 82.4 Å². The Morgan fingerprint density at radius 1 is 1.19 bits per heavy atom. The van der Waals surface area contributed by atoms with Crippen molar-refractivity contribution >= 4 is 10.0 Å². The van der Waals surface area contributed by atoms with Gasteiger partial charge in [0.2, 0.25) is 10.0 Å². The molecule has 2 aromatic rings. The van der Waals surface area contributed by atoms with Gasteiger partial charge in [0.15, 0.2) is 0 Å². The fourth-order valence-electron chi connectivity index (χ4n) is 2.76. The molecule has 144 valence electrons. The first-order valence-corrected chi connectivity index (χ1v) is 9.18. The molecule has 0 aliphatic rings. The van der Waals surface area contributed by atoms with Crippen molar-refractivity contribution in [3.05, 3.63) is 35.2 Å². The number of nitrogens with zero attached hydrogens (tertiary/aromatic N) is 2. The van der Waals surface area contributed by atoms with Gasteiger partial charge in [0.05, 0.1) is 25.6 Å². The molecule has 7 nitrogen and oxygen atoms in total. The number of hydrogen-bond donors (Lipinski definition) is 1. The quantitative estimate of drug-likeness (QED) is 0.787. The van der Waals surface area contributed by atoms with Gasteiger partial charge in [-0.25, -0.2) is 17.8 Å². The Labute approximate surface area is 151 Å². The number of sulfonamides is 1. The molecule has 0 amide bonds. The highest BCUT2D eigenvalue weighted by Crippen LogP contribution is 2.31. The monoisotopic (exact) mass is 389 g/mol. The number of halogens is 2. The Morgan fingerprint density at radius 3 is 2.35 bits per heavy atom. The lowest BCUT2D eigenvalue weighted by Crippen LogP contribution is -2.28. The lowest BCUT2D eigenvalue weighted by atomic mass is 10.1. The fraction of sp³-hybridized carbons (Fsp3) is 0.438. The van der Waals surface area contributed by atoms with E-state index >= 15 is 0 Å². The molecule has 0 aliphatic heterocycles. The maximum Gasteiger partial charge on any atom is 0.333 e. The average molecular weight is 389 g/mol. The summed E-state index contributed by atoms with van der Waals surface area (Å²) in [6, 6.07) is 4.29. The van der Waals surface area contributed by atoms with Crippen LogP contribution in [-0.4, -0.2) is 32.4 Å². The second-order valence-corrected chi connectivity index (χ2v) is 7.32. The fourth-order valence-corrected chi connectivity index (χ4v) is 4.38. The number of nitrogens with one attached hydrogen (secondary N) is 1. The van der Waals surface area contributed by atoms with E-state index in [1.165, 1.54) is 28.1 Å². The highest BCUT2D eigenvalue weighted by molar-refractivity contribution is 7.89. The molecule has 1 N–H and O–H groups in total. The van der Waals surface area contributed by atoms with Crippen LogP contribution in [0.5, 0.6) is 11.5 Å². The summed E-state index contributed by atoms with van der Waals surface area (Å²) >= 11 is 0. The molecule has 0 spiro atoms. The van der Waals surface area contributed by atoms with Gasteiger partial charge in [-0.05, 0) is 39.0 Å². The van der Waals surface area contributed by atoms with Crippen LogP contribution in [0.2, 0.25) is 0 Å². The summed E-state index contributed by atoms with van der Waals surface area (Å²) in [5.41, 5.74) is 0.418. The molecule has 0 saturated heterocycles. The smallest absolute Gasteiger partial charge is 0.333 e. The van der Waals surface area contributed by atoms with Crippen LogP contribution < -0.4 is 14.2 Å². The number of alkyl halides is 2. The van der Waals surface area contributed by atoms with E-state index in [-0.39, 0.29) is 16.3 Å². The highest BCUT2D eigenvalue weighted by atomic mass is 32.2. The number of methoxy groups -OCH3 is 2. The number of aryl methyl sites for hydroxylation is 1. The van der Waals surface area contributed by atoms with Crippen LogP contribution in [0, 0.1) is 13.8 Å². The van der Waals surface area contributed by atoms with Crippen LogP contribution in [-0.2, 0) is 10.0 Å². The largest absolute Gasteiger partial charge is 0.497 e. The molecule has 0 bridgehead atoms. The summed E-state index contributed by atoms with van der Waals surface area (Å²) in [6.45, 7) is 1.36. The minimum atomic E-state index is -4.09. The normalized spacial score (nSPS) is 13.1. The van der Waals surface area contributed by atoms with Crippen LogP contribution in [0.4, 0.5) is 8.78 Å². The van der Waals surface area contributed by atoms with E-state index in [1.807, 2.05) is 0 Å². The van der Waals surface area contributed by atoms with Gasteiger partial charge in [0, 0.05) is 11.6 Å². The van der Waals surface area contributed by atoms with Crippen molar-refractivity contribution in [2.24, 2.45) is 0 Å². The summed E-state index contributed by atoms with van der Waals surface area (Å²) in [6.07, 6.45) is 0. The van der Waals surface area contributed by atoms with E-state index in [4.69, 9.17) is 9.47 Å². The van der Waals surface area contributed by atoms with E-state index in [9.17, 15) is 17.2 Å². The standard InChI is InChI=1S/C16H21F2N3O4S/c1-9(13-8-12(24-4)6-7-14(13)25-5)20-26(22,23)15-10(2)19-21(11(15)3)16(17)18/h6-9,16,20H,1-5H3. The maximum absolute atomic E-state index is 13.0. The highest BCUT2D eigenvalue weighted by Gasteiger charge is 2.29. The molecule has 1 aromatic heterocycles.